The van der Waals surface area contributed by atoms with Crippen LogP contribution in [-0.4, -0.2) is 35.2 Å². The van der Waals surface area contributed by atoms with Crippen molar-refractivity contribution in [3.63, 3.8) is 0 Å². The van der Waals surface area contributed by atoms with Crippen molar-refractivity contribution < 1.29 is 9.90 Å². The molecule has 0 aromatic heterocycles. The van der Waals surface area contributed by atoms with Crippen molar-refractivity contribution in [3.05, 3.63) is 0 Å². The van der Waals surface area contributed by atoms with E-state index in [1.54, 1.807) is 0 Å². The summed E-state index contributed by atoms with van der Waals surface area (Å²) >= 11 is 0. The highest BCUT2D eigenvalue weighted by Gasteiger charge is 2.43. The van der Waals surface area contributed by atoms with Crippen LogP contribution in [0, 0.1) is 5.92 Å². The van der Waals surface area contributed by atoms with Crippen LogP contribution in [0.2, 0.25) is 0 Å². The zero-order valence-electron chi connectivity index (χ0n) is 10.2. The number of carbonyl (C=O) groups excluding carboxylic acids is 1. The largest absolute Gasteiger partial charge is 0.393 e. The van der Waals surface area contributed by atoms with Gasteiger partial charge >= 0.3 is 0 Å². The third-order valence-electron chi connectivity index (χ3n) is 4.63. The summed E-state index contributed by atoms with van der Waals surface area (Å²) in [4.78, 5) is 12.2. The molecule has 0 radical (unpaired) electrons. The summed E-state index contributed by atoms with van der Waals surface area (Å²) in [5, 5.41) is 16.2. The maximum Gasteiger partial charge on any atom is 0.224 e. The number of rotatable bonds is 2. The molecule has 0 aromatic carbocycles. The predicted octanol–water partition coefficient (Wildman–Crippen LogP) is 0.547. The van der Waals surface area contributed by atoms with Crippen LogP contribution in [-0.2, 0) is 4.79 Å². The van der Waals surface area contributed by atoms with Crippen molar-refractivity contribution in [3.8, 4) is 0 Å². The summed E-state index contributed by atoms with van der Waals surface area (Å²) in [5.74, 6) is 0.386. The normalized spacial score (nSPS) is 44.9. The van der Waals surface area contributed by atoms with Gasteiger partial charge in [-0.3, -0.25) is 4.79 Å². The molecule has 2 aliphatic heterocycles. The van der Waals surface area contributed by atoms with Gasteiger partial charge in [-0.05, 0) is 44.9 Å². The summed E-state index contributed by atoms with van der Waals surface area (Å²) in [6.07, 6.45) is 6.85. The van der Waals surface area contributed by atoms with Crippen LogP contribution in [0.15, 0.2) is 0 Å². The van der Waals surface area contributed by atoms with Crippen LogP contribution in [0.25, 0.3) is 0 Å². The SMILES string of the molecule is O=C(NC1CCCC(O)C1)C1CC2CCC1N2. The molecule has 1 amide bonds. The Morgan fingerprint density at radius 3 is 2.71 bits per heavy atom. The van der Waals surface area contributed by atoms with E-state index in [2.05, 4.69) is 10.6 Å². The van der Waals surface area contributed by atoms with Gasteiger partial charge in [0.1, 0.15) is 0 Å². The summed E-state index contributed by atoms with van der Waals surface area (Å²) in [6, 6.07) is 1.19. The number of hydrogen-bond donors (Lipinski definition) is 3. The van der Waals surface area contributed by atoms with Crippen molar-refractivity contribution in [2.24, 2.45) is 5.92 Å². The number of fused-ring (bicyclic) bond motifs is 2. The number of carbonyl (C=O) groups is 1. The van der Waals surface area contributed by atoms with Crippen molar-refractivity contribution in [1.29, 1.82) is 0 Å². The molecule has 0 spiro atoms. The second kappa shape index (κ2) is 4.58. The number of hydrogen-bond acceptors (Lipinski definition) is 3. The highest BCUT2D eigenvalue weighted by atomic mass is 16.3. The summed E-state index contributed by atoms with van der Waals surface area (Å²) in [5.41, 5.74) is 0. The molecule has 96 valence electrons. The van der Waals surface area contributed by atoms with E-state index in [1.165, 1.54) is 6.42 Å². The minimum atomic E-state index is -0.216. The van der Waals surface area contributed by atoms with Crippen molar-refractivity contribution in [1.82, 2.24) is 10.6 Å². The van der Waals surface area contributed by atoms with E-state index in [0.717, 1.165) is 38.5 Å². The Bertz CT molecular complexity index is 308. The summed E-state index contributed by atoms with van der Waals surface area (Å²) < 4.78 is 0. The second-order valence-corrected chi connectivity index (χ2v) is 5.92. The topological polar surface area (TPSA) is 61.4 Å². The van der Waals surface area contributed by atoms with Gasteiger partial charge in [-0.2, -0.15) is 0 Å². The Labute approximate surface area is 102 Å². The van der Waals surface area contributed by atoms with Gasteiger partial charge in [0.2, 0.25) is 5.91 Å². The van der Waals surface area contributed by atoms with Gasteiger partial charge in [0.25, 0.3) is 0 Å². The fourth-order valence-electron chi connectivity index (χ4n) is 3.72. The first-order valence-corrected chi connectivity index (χ1v) is 6.97. The molecule has 2 saturated heterocycles. The van der Waals surface area contributed by atoms with E-state index in [4.69, 9.17) is 0 Å². The summed E-state index contributed by atoms with van der Waals surface area (Å²) in [7, 11) is 0. The highest BCUT2D eigenvalue weighted by Crippen LogP contribution is 2.33. The molecule has 17 heavy (non-hydrogen) atoms. The molecule has 5 unspecified atom stereocenters. The van der Waals surface area contributed by atoms with Crippen LogP contribution in [0.5, 0.6) is 0 Å². The number of aliphatic hydroxyl groups excluding tert-OH is 1. The van der Waals surface area contributed by atoms with Crippen LogP contribution in [0.3, 0.4) is 0 Å². The lowest BCUT2D eigenvalue weighted by atomic mass is 9.87. The van der Waals surface area contributed by atoms with Crippen LogP contribution < -0.4 is 10.6 Å². The van der Waals surface area contributed by atoms with E-state index >= 15 is 0 Å². The number of amides is 1. The Morgan fingerprint density at radius 2 is 2.06 bits per heavy atom. The van der Waals surface area contributed by atoms with E-state index < -0.39 is 0 Å². The number of nitrogens with one attached hydrogen (secondary N) is 2. The van der Waals surface area contributed by atoms with Gasteiger partial charge in [-0.25, -0.2) is 0 Å². The number of aliphatic hydroxyl groups is 1. The highest BCUT2D eigenvalue weighted by molar-refractivity contribution is 5.80. The van der Waals surface area contributed by atoms with Gasteiger partial charge in [-0.15, -0.1) is 0 Å². The second-order valence-electron chi connectivity index (χ2n) is 5.92. The molecule has 1 saturated carbocycles. The van der Waals surface area contributed by atoms with Crippen LogP contribution in [0.4, 0.5) is 0 Å². The lowest BCUT2D eigenvalue weighted by molar-refractivity contribution is -0.126. The fourth-order valence-corrected chi connectivity index (χ4v) is 3.72. The molecule has 4 nitrogen and oxygen atoms in total. The molecule has 2 bridgehead atoms. The lowest BCUT2D eigenvalue weighted by Crippen LogP contribution is -2.45. The van der Waals surface area contributed by atoms with E-state index in [9.17, 15) is 9.90 Å². The Hall–Kier alpha value is -0.610. The molecular weight excluding hydrogens is 216 g/mol. The zero-order valence-corrected chi connectivity index (χ0v) is 10.2. The summed E-state index contributed by atoms with van der Waals surface area (Å²) in [6.45, 7) is 0. The minimum absolute atomic E-state index is 0.174. The first kappa shape index (κ1) is 11.5. The maximum absolute atomic E-state index is 12.2. The Balaban J connectivity index is 1.53. The first-order valence-electron chi connectivity index (χ1n) is 6.97. The molecule has 4 heteroatoms. The smallest absolute Gasteiger partial charge is 0.224 e. The van der Waals surface area contributed by atoms with Crippen LogP contribution >= 0.6 is 0 Å². The van der Waals surface area contributed by atoms with E-state index in [1.807, 2.05) is 0 Å². The van der Waals surface area contributed by atoms with Crippen molar-refractivity contribution in [2.45, 2.75) is 69.2 Å². The average Bonchev–Trinajstić information content (AvgIpc) is 2.90. The molecule has 3 fully saturated rings. The van der Waals surface area contributed by atoms with Gasteiger partial charge in [-0.1, -0.05) is 0 Å². The van der Waals surface area contributed by atoms with Crippen LogP contribution in [0.1, 0.15) is 44.9 Å². The standard InChI is InChI=1S/C13H22N2O2/c16-10-3-1-2-8(6-10)15-13(17)11-7-9-4-5-12(11)14-9/h8-12,14,16H,1-7H2,(H,15,17). The molecule has 5 atom stereocenters. The van der Waals surface area contributed by atoms with E-state index in [-0.39, 0.29) is 24.0 Å². The first-order chi connectivity index (χ1) is 8.22. The molecule has 3 aliphatic rings. The van der Waals surface area contributed by atoms with Crippen molar-refractivity contribution in [2.75, 3.05) is 0 Å². The third-order valence-corrected chi connectivity index (χ3v) is 4.63. The van der Waals surface area contributed by atoms with Gasteiger partial charge in [0, 0.05) is 18.1 Å². The monoisotopic (exact) mass is 238 g/mol. The third kappa shape index (κ3) is 2.33. The fraction of sp³-hybridized carbons (Fsp3) is 0.923. The molecule has 1 aliphatic carbocycles. The molecule has 0 aromatic rings. The zero-order chi connectivity index (χ0) is 11.8. The molecule has 3 rings (SSSR count). The average molecular weight is 238 g/mol. The van der Waals surface area contributed by atoms with Crippen molar-refractivity contribution >= 4 is 5.91 Å². The Kier molecular flexibility index (Phi) is 3.09. The van der Waals surface area contributed by atoms with Gasteiger partial charge in [0.15, 0.2) is 0 Å². The van der Waals surface area contributed by atoms with Gasteiger partial charge in [0.05, 0.1) is 12.0 Å². The quantitative estimate of drug-likeness (QED) is 0.658. The molecule has 3 N–H and O–H groups in total. The minimum Gasteiger partial charge on any atom is -0.393 e. The predicted molar refractivity (Wildman–Crippen MR) is 64.5 cm³/mol. The maximum atomic E-state index is 12.2. The van der Waals surface area contributed by atoms with Gasteiger partial charge < -0.3 is 15.7 Å². The lowest BCUT2D eigenvalue weighted by Gasteiger charge is -2.29. The molecule has 2 heterocycles. The van der Waals surface area contributed by atoms with E-state index in [0.29, 0.717) is 12.1 Å². The Morgan fingerprint density at radius 1 is 1.18 bits per heavy atom. The molecular formula is C13H22N2O2.